The van der Waals surface area contributed by atoms with E-state index in [1.807, 2.05) is 0 Å². The first kappa shape index (κ1) is 12.4. The Balaban J connectivity index is 1.89. The highest BCUT2D eigenvalue weighted by Gasteiger charge is 2.14. The Morgan fingerprint density at radius 1 is 1.47 bits per heavy atom. The quantitative estimate of drug-likeness (QED) is 0.852. The summed E-state index contributed by atoms with van der Waals surface area (Å²) in [6, 6.07) is 3.30. The lowest BCUT2D eigenvalue weighted by Gasteiger charge is -2.18. The number of amides is 1. The Morgan fingerprint density at radius 3 is 2.76 bits per heavy atom. The lowest BCUT2D eigenvalue weighted by atomic mass is 9.90. The number of carbonyl (C=O) groups is 1. The van der Waals surface area contributed by atoms with Crippen molar-refractivity contribution in [2.24, 2.45) is 11.0 Å². The van der Waals surface area contributed by atoms with E-state index in [0.717, 1.165) is 37.3 Å². The van der Waals surface area contributed by atoms with Crippen molar-refractivity contribution in [2.45, 2.75) is 32.6 Å². The molecule has 0 saturated heterocycles. The standard InChI is InChI=1S/C12H15BrN2O2/c1-8-2-4-9(5-3-8)14-15-12(16)10-6-7-11(13)17-10/h6-8H,2-5H2,1H3,(H,15,16). The highest BCUT2D eigenvalue weighted by atomic mass is 79.9. The van der Waals surface area contributed by atoms with Crippen LogP contribution in [0.2, 0.25) is 0 Å². The second-order valence-corrected chi connectivity index (χ2v) is 5.19. The van der Waals surface area contributed by atoms with Crippen molar-refractivity contribution in [1.82, 2.24) is 5.43 Å². The fourth-order valence-corrected chi connectivity index (χ4v) is 2.13. The van der Waals surface area contributed by atoms with Gasteiger partial charge in [0.2, 0.25) is 0 Å². The van der Waals surface area contributed by atoms with Crippen molar-refractivity contribution in [3.8, 4) is 0 Å². The molecule has 92 valence electrons. The minimum atomic E-state index is -0.304. The van der Waals surface area contributed by atoms with Crippen molar-refractivity contribution < 1.29 is 9.21 Å². The molecule has 1 heterocycles. The molecule has 1 aliphatic carbocycles. The van der Waals surface area contributed by atoms with Crippen LogP contribution in [-0.4, -0.2) is 11.6 Å². The monoisotopic (exact) mass is 298 g/mol. The van der Waals surface area contributed by atoms with E-state index in [1.165, 1.54) is 0 Å². The molecular formula is C12H15BrN2O2. The van der Waals surface area contributed by atoms with Gasteiger partial charge in [-0.3, -0.25) is 4.79 Å². The van der Waals surface area contributed by atoms with Gasteiger partial charge in [-0.25, -0.2) is 5.43 Å². The summed E-state index contributed by atoms with van der Waals surface area (Å²) in [5, 5.41) is 4.15. The van der Waals surface area contributed by atoms with Gasteiger partial charge in [-0.15, -0.1) is 0 Å². The summed E-state index contributed by atoms with van der Waals surface area (Å²) < 4.78 is 5.68. The third kappa shape index (κ3) is 3.43. The van der Waals surface area contributed by atoms with Crippen molar-refractivity contribution in [2.75, 3.05) is 0 Å². The molecule has 4 nitrogen and oxygen atoms in total. The van der Waals surface area contributed by atoms with Crippen molar-refractivity contribution >= 4 is 27.5 Å². The fraction of sp³-hybridized carbons (Fsp3) is 0.500. The van der Waals surface area contributed by atoms with E-state index in [0.29, 0.717) is 4.67 Å². The molecule has 5 heteroatoms. The molecule has 1 amide bonds. The number of nitrogens with one attached hydrogen (secondary N) is 1. The van der Waals surface area contributed by atoms with Crippen molar-refractivity contribution in [3.63, 3.8) is 0 Å². The molecule has 1 saturated carbocycles. The van der Waals surface area contributed by atoms with Gasteiger partial charge < -0.3 is 4.42 Å². The van der Waals surface area contributed by atoms with E-state index in [4.69, 9.17) is 4.42 Å². The lowest BCUT2D eigenvalue weighted by molar-refractivity contribution is 0.0925. The molecular weight excluding hydrogens is 284 g/mol. The van der Waals surface area contributed by atoms with Crippen LogP contribution in [0.4, 0.5) is 0 Å². The summed E-state index contributed by atoms with van der Waals surface area (Å²) in [4.78, 5) is 11.6. The van der Waals surface area contributed by atoms with Crippen LogP contribution in [0.15, 0.2) is 26.3 Å². The maximum Gasteiger partial charge on any atom is 0.307 e. The normalized spacial score (nSPS) is 20.1. The van der Waals surface area contributed by atoms with E-state index >= 15 is 0 Å². The lowest BCUT2D eigenvalue weighted by Crippen LogP contribution is -2.21. The van der Waals surface area contributed by atoms with E-state index in [-0.39, 0.29) is 11.7 Å². The average Bonchev–Trinajstić information content (AvgIpc) is 2.75. The number of rotatable bonds is 2. The number of carbonyl (C=O) groups excluding carboxylic acids is 1. The van der Waals surface area contributed by atoms with E-state index in [1.54, 1.807) is 12.1 Å². The van der Waals surface area contributed by atoms with E-state index in [9.17, 15) is 4.79 Å². The third-order valence-corrected chi connectivity index (χ3v) is 3.39. The number of hydrogen-bond acceptors (Lipinski definition) is 3. The van der Waals surface area contributed by atoms with Crippen molar-refractivity contribution in [1.29, 1.82) is 0 Å². The molecule has 0 aromatic carbocycles. The van der Waals surface area contributed by atoms with Crippen LogP contribution in [0.25, 0.3) is 0 Å². The number of furan rings is 1. The summed E-state index contributed by atoms with van der Waals surface area (Å²) in [6.07, 6.45) is 4.26. The van der Waals surface area contributed by atoms with Gasteiger partial charge >= 0.3 is 5.91 Å². The van der Waals surface area contributed by atoms with Gasteiger partial charge in [-0.2, -0.15) is 5.10 Å². The molecule has 0 radical (unpaired) electrons. The van der Waals surface area contributed by atoms with Gasteiger partial charge in [0.05, 0.1) is 0 Å². The molecule has 0 spiro atoms. The highest BCUT2D eigenvalue weighted by Crippen LogP contribution is 2.21. The van der Waals surface area contributed by atoms with Gasteiger partial charge in [-0.1, -0.05) is 6.92 Å². The summed E-state index contributed by atoms with van der Waals surface area (Å²) in [5.41, 5.74) is 3.60. The predicted octanol–water partition coefficient (Wildman–Crippen LogP) is 3.34. The maximum absolute atomic E-state index is 11.6. The first-order valence-corrected chi connectivity index (χ1v) is 6.55. The van der Waals surface area contributed by atoms with Gasteiger partial charge in [0, 0.05) is 5.71 Å². The first-order valence-electron chi connectivity index (χ1n) is 5.76. The Morgan fingerprint density at radius 2 is 2.18 bits per heavy atom. The van der Waals surface area contributed by atoms with Crippen LogP contribution in [0.1, 0.15) is 43.2 Å². The molecule has 1 aromatic heterocycles. The molecule has 1 aromatic rings. The minimum Gasteiger partial charge on any atom is -0.444 e. The number of hydrogen-bond donors (Lipinski definition) is 1. The molecule has 2 rings (SSSR count). The van der Waals surface area contributed by atoms with Crippen LogP contribution in [-0.2, 0) is 0 Å². The van der Waals surface area contributed by atoms with Gasteiger partial charge in [0.1, 0.15) is 0 Å². The molecule has 0 aliphatic heterocycles. The smallest absolute Gasteiger partial charge is 0.307 e. The first-order chi connectivity index (χ1) is 8.15. The highest BCUT2D eigenvalue weighted by molar-refractivity contribution is 9.10. The molecule has 17 heavy (non-hydrogen) atoms. The van der Waals surface area contributed by atoms with E-state index < -0.39 is 0 Å². The average molecular weight is 299 g/mol. The minimum absolute atomic E-state index is 0.269. The molecule has 0 unspecified atom stereocenters. The second-order valence-electron chi connectivity index (χ2n) is 4.41. The summed E-state index contributed by atoms with van der Waals surface area (Å²) in [5.74, 6) is 0.734. The molecule has 1 N–H and O–H groups in total. The maximum atomic E-state index is 11.6. The third-order valence-electron chi connectivity index (χ3n) is 2.96. The predicted molar refractivity (Wildman–Crippen MR) is 68.9 cm³/mol. The zero-order chi connectivity index (χ0) is 12.3. The number of hydrazone groups is 1. The molecule has 1 fully saturated rings. The topological polar surface area (TPSA) is 54.6 Å². The van der Waals surface area contributed by atoms with Crippen LogP contribution in [0.5, 0.6) is 0 Å². The molecule has 1 aliphatic rings. The molecule has 0 atom stereocenters. The van der Waals surface area contributed by atoms with Gasteiger partial charge in [-0.05, 0) is 59.7 Å². The molecule has 0 bridgehead atoms. The van der Waals surface area contributed by atoms with Gasteiger partial charge in [0.15, 0.2) is 10.4 Å². The van der Waals surface area contributed by atoms with E-state index in [2.05, 4.69) is 33.4 Å². The number of nitrogens with zero attached hydrogens (tertiary/aromatic N) is 1. The number of halogens is 1. The van der Waals surface area contributed by atoms with Crippen molar-refractivity contribution in [3.05, 3.63) is 22.6 Å². The fourth-order valence-electron chi connectivity index (χ4n) is 1.83. The second kappa shape index (κ2) is 5.49. The summed E-state index contributed by atoms with van der Waals surface area (Å²) >= 11 is 3.15. The van der Waals surface area contributed by atoms with Crippen LogP contribution < -0.4 is 5.43 Å². The summed E-state index contributed by atoms with van der Waals surface area (Å²) in [7, 11) is 0. The van der Waals surface area contributed by atoms with Gasteiger partial charge in [0.25, 0.3) is 0 Å². The van der Waals surface area contributed by atoms with Crippen LogP contribution in [0.3, 0.4) is 0 Å². The Bertz CT molecular complexity index is 429. The largest absolute Gasteiger partial charge is 0.444 e. The Labute approximate surface area is 109 Å². The van der Waals surface area contributed by atoms with Crippen LogP contribution in [0, 0.1) is 5.92 Å². The Hall–Kier alpha value is -1.10. The summed E-state index contributed by atoms with van der Waals surface area (Å²) in [6.45, 7) is 2.25. The zero-order valence-electron chi connectivity index (χ0n) is 9.70. The zero-order valence-corrected chi connectivity index (χ0v) is 11.3. The Kier molecular flexibility index (Phi) is 3.99. The SMILES string of the molecule is CC1CCC(=NNC(=O)c2ccc(Br)o2)CC1. The van der Waals surface area contributed by atoms with Crippen LogP contribution >= 0.6 is 15.9 Å².